The minimum absolute atomic E-state index is 0. The van der Waals surface area contributed by atoms with Crippen LogP contribution in [0.1, 0.15) is 30.1 Å². The number of hydrogen-bond acceptors (Lipinski definition) is 2. The van der Waals surface area contributed by atoms with Crippen LogP contribution in [0.15, 0.2) is 24.3 Å². The first-order valence-corrected chi connectivity index (χ1v) is 7.34. The minimum atomic E-state index is 0. The van der Waals surface area contributed by atoms with Crippen molar-refractivity contribution in [2.75, 3.05) is 26.2 Å². The molecule has 0 aromatic heterocycles. The van der Waals surface area contributed by atoms with Crippen LogP contribution in [0.25, 0.3) is 0 Å². The number of carbonyl (C=O) groups is 1. The van der Waals surface area contributed by atoms with E-state index in [0.717, 1.165) is 44.6 Å². The Bertz CT molecular complexity index is 414. The van der Waals surface area contributed by atoms with Gasteiger partial charge in [-0.1, -0.05) is 18.5 Å². The van der Waals surface area contributed by atoms with E-state index in [1.807, 2.05) is 4.90 Å². The van der Waals surface area contributed by atoms with Crippen LogP contribution >= 0.6 is 24.0 Å². The zero-order valence-corrected chi connectivity index (χ0v) is 13.3. The first kappa shape index (κ1) is 17.3. The van der Waals surface area contributed by atoms with E-state index in [4.69, 9.17) is 11.6 Å². The Labute approximate surface area is 132 Å². The molecule has 0 radical (unpaired) electrons. The molecule has 0 bridgehead atoms. The second-order valence-electron chi connectivity index (χ2n) is 5.05. The first-order valence-electron chi connectivity index (χ1n) is 6.96. The molecule has 0 spiro atoms. The monoisotopic (exact) mass is 316 g/mol. The zero-order valence-electron chi connectivity index (χ0n) is 11.8. The van der Waals surface area contributed by atoms with E-state index in [0.29, 0.717) is 10.9 Å². The third-order valence-corrected chi connectivity index (χ3v) is 3.93. The predicted octanol–water partition coefficient (Wildman–Crippen LogP) is 3.22. The molecule has 3 nitrogen and oxygen atoms in total. The van der Waals surface area contributed by atoms with Gasteiger partial charge < -0.3 is 10.2 Å². The normalized spacial score (nSPS) is 15.8. The minimum Gasteiger partial charge on any atom is -0.339 e. The summed E-state index contributed by atoms with van der Waals surface area (Å²) in [7, 11) is 0. The lowest BCUT2D eigenvalue weighted by atomic mass is 9.96. The van der Waals surface area contributed by atoms with Crippen molar-refractivity contribution in [2.24, 2.45) is 5.92 Å². The van der Waals surface area contributed by atoms with Crippen molar-refractivity contribution in [3.8, 4) is 0 Å². The second kappa shape index (κ2) is 8.50. The highest BCUT2D eigenvalue weighted by atomic mass is 35.5. The summed E-state index contributed by atoms with van der Waals surface area (Å²) in [5.41, 5.74) is 0.731. The number of amides is 1. The van der Waals surface area contributed by atoms with E-state index in [2.05, 4.69) is 12.2 Å². The Morgan fingerprint density at radius 3 is 2.45 bits per heavy atom. The average molecular weight is 317 g/mol. The summed E-state index contributed by atoms with van der Waals surface area (Å²) >= 11 is 5.84. The molecule has 0 unspecified atom stereocenters. The molecule has 1 aromatic rings. The van der Waals surface area contributed by atoms with E-state index >= 15 is 0 Å². The zero-order chi connectivity index (χ0) is 13.7. The van der Waals surface area contributed by atoms with E-state index in [1.54, 1.807) is 24.3 Å². The molecule has 1 fully saturated rings. The number of halogens is 2. The lowest BCUT2D eigenvalue weighted by Gasteiger charge is -2.32. The number of nitrogens with zero attached hydrogens (tertiary/aromatic N) is 1. The van der Waals surface area contributed by atoms with Gasteiger partial charge in [-0.25, -0.2) is 0 Å². The summed E-state index contributed by atoms with van der Waals surface area (Å²) < 4.78 is 0. The van der Waals surface area contributed by atoms with Gasteiger partial charge in [0.05, 0.1) is 0 Å². The molecule has 1 aliphatic rings. The molecule has 20 heavy (non-hydrogen) atoms. The third-order valence-electron chi connectivity index (χ3n) is 3.68. The van der Waals surface area contributed by atoms with Crippen molar-refractivity contribution in [3.05, 3.63) is 34.9 Å². The Kier molecular flexibility index (Phi) is 7.35. The maximum Gasteiger partial charge on any atom is 0.253 e. The molecule has 1 heterocycles. The van der Waals surface area contributed by atoms with Gasteiger partial charge in [0.25, 0.3) is 5.91 Å². The van der Waals surface area contributed by atoms with Crippen LogP contribution in [-0.4, -0.2) is 37.0 Å². The predicted molar refractivity (Wildman–Crippen MR) is 85.9 cm³/mol. The molecular formula is C15H22Cl2N2O. The maximum atomic E-state index is 12.3. The quantitative estimate of drug-likeness (QED) is 0.925. The topological polar surface area (TPSA) is 32.3 Å². The lowest BCUT2D eigenvalue weighted by molar-refractivity contribution is 0.0690. The number of nitrogens with one attached hydrogen (secondary N) is 1. The van der Waals surface area contributed by atoms with Gasteiger partial charge in [0.1, 0.15) is 0 Å². The van der Waals surface area contributed by atoms with E-state index in [-0.39, 0.29) is 18.3 Å². The molecule has 0 aliphatic carbocycles. The molecule has 1 aromatic carbocycles. The number of likely N-dealkylation sites (tertiary alicyclic amines) is 1. The van der Waals surface area contributed by atoms with Crippen LogP contribution in [0.4, 0.5) is 0 Å². The van der Waals surface area contributed by atoms with Crippen LogP contribution in [0.2, 0.25) is 5.02 Å². The van der Waals surface area contributed by atoms with Crippen molar-refractivity contribution in [1.29, 1.82) is 0 Å². The maximum absolute atomic E-state index is 12.3. The molecule has 1 N–H and O–H groups in total. The van der Waals surface area contributed by atoms with Gasteiger partial charge in [-0.15, -0.1) is 12.4 Å². The summed E-state index contributed by atoms with van der Waals surface area (Å²) in [6.45, 7) is 5.93. The van der Waals surface area contributed by atoms with Crippen molar-refractivity contribution < 1.29 is 4.79 Å². The standard InChI is InChI=1S/C15H21ClN2O.ClH/c1-2-17-11-12-7-9-18(10-8-12)15(19)13-3-5-14(16)6-4-13;/h3-6,12,17H,2,7-11H2,1H3;1H. The van der Waals surface area contributed by atoms with Gasteiger partial charge in [0, 0.05) is 23.7 Å². The Morgan fingerprint density at radius 2 is 1.90 bits per heavy atom. The van der Waals surface area contributed by atoms with Crippen LogP contribution in [0.3, 0.4) is 0 Å². The van der Waals surface area contributed by atoms with Gasteiger partial charge in [0.15, 0.2) is 0 Å². The summed E-state index contributed by atoms with van der Waals surface area (Å²) in [6.07, 6.45) is 2.18. The summed E-state index contributed by atoms with van der Waals surface area (Å²) in [6, 6.07) is 7.14. The van der Waals surface area contributed by atoms with E-state index in [1.165, 1.54) is 0 Å². The average Bonchev–Trinajstić information content (AvgIpc) is 2.46. The Morgan fingerprint density at radius 1 is 1.30 bits per heavy atom. The molecule has 2 rings (SSSR count). The summed E-state index contributed by atoms with van der Waals surface area (Å²) in [5.74, 6) is 0.827. The van der Waals surface area contributed by atoms with Crippen LogP contribution in [-0.2, 0) is 0 Å². The van der Waals surface area contributed by atoms with Gasteiger partial charge in [-0.05, 0) is 56.1 Å². The molecule has 112 valence electrons. The molecule has 0 atom stereocenters. The fraction of sp³-hybridized carbons (Fsp3) is 0.533. The smallest absolute Gasteiger partial charge is 0.253 e. The highest BCUT2D eigenvalue weighted by molar-refractivity contribution is 6.30. The number of benzene rings is 1. The largest absolute Gasteiger partial charge is 0.339 e. The van der Waals surface area contributed by atoms with Crippen molar-refractivity contribution in [3.63, 3.8) is 0 Å². The highest BCUT2D eigenvalue weighted by Gasteiger charge is 2.23. The second-order valence-corrected chi connectivity index (χ2v) is 5.49. The van der Waals surface area contributed by atoms with Gasteiger partial charge in [-0.3, -0.25) is 4.79 Å². The molecular weight excluding hydrogens is 295 g/mol. The van der Waals surface area contributed by atoms with Crippen molar-refractivity contribution in [2.45, 2.75) is 19.8 Å². The number of hydrogen-bond donors (Lipinski definition) is 1. The first-order chi connectivity index (χ1) is 9.20. The van der Waals surface area contributed by atoms with Crippen LogP contribution < -0.4 is 5.32 Å². The van der Waals surface area contributed by atoms with Crippen molar-refractivity contribution >= 4 is 29.9 Å². The fourth-order valence-electron chi connectivity index (χ4n) is 2.46. The van der Waals surface area contributed by atoms with Gasteiger partial charge in [-0.2, -0.15) is 0 Å². The van der Waals surface area contributed by atoms with Gasteiger partial charge >= 0.3 is 0 Å². The fourth-order valence-corrected chi connectivity index (χ4v) is 2.59. The molecule has 5 heteroatoms. The van der Waals surface area contributed by atoms with E-state index < -0.39 is 0 Å². The number of piperidine rings is 1. The lowest BCUT2D eigenvalue weighted by Crippen LogP contribution is -2.40. The Hall–Kier alpha value is -0.770. The van der Waals surface area contributed by atoms with E-state index in [9.17, 15) is 4.79 Å². The number of rotatable bonds is 4. The molecule has 1 saturated heterocycles. The van der Waals surface area contributed by atoms with Crippen molar-refractivity contribution in [1.82, 2.24) is 10.2 Å². The van der Waals surface area contributed by atoms with Crippen LogP contribution in [0.5, 0.6) is 0 Å². The highest BCUT2D eigenvalue weighted by Crippen LogP contribution is 2.19. The SMILES string of the molecule is CCNCC1CCN(C(=O)c2ccc(Cl)cc2)CC1.Cl. The summed E-state index contributed by atoms with van der Waals surface area (Å²) in [4.78, 5) is 14.2. The third kappa shape index (κ3) is 4.65. The summed E-state index contributed by atoms with van der Waals surface area (Å²) in [5, 5.41) is 4.05. The number of carbonyl (C=O) groups excluding carboxylic acids is 1. The molecule has 0 saturated carbocycles. The van der Waals surface area contributed by atoms with Gasteiger partial charge in [0.2, 0.25) is 0 Å². The Balaban J connectivity index is 0.00000200. The molecule has 1 amide bonds. The van der Waals surface area contributed by atoms with Crippen LogP contribution in [0, 0.1) is 5.92 Å². The molecule has 1 aliphatic heterocycles.